The number of nitrogens with two attached hydrogens (primary N) is 1. The molecule has 9 heteroatoms. The van der Waals surface area contributed by atoms with Gasteiger partial charge in [0.1, 0.15) is 11.4 Å². The van der Waals surface area contributed by atoms with Gasteiger partial charge in [0.25, 0.3) is 10.9 Å². The standard InChI is InChI=1S/C29H45N3O6/c1-19(2)21(15-20-9-10-24(37-4)25(16-20)38-14-8-13-36-3)17-22(30)23(33)18-31-26-27(29(35)28(26)34)32-11-6-5-7-12-32/h9-10,16,19,21-23,31,33H,5-8,11-15,17-18,30H2,1-4H3/t21-,22-,23-/m0/s1. The largest absolute Gasteiger partial charge is 0.493 e. The van der Waals surface area contributed by atoms with Crippen LogP contribution in [-0.2, 0) is 11.2 Å². The van der Waals surface area contributed by atoms with E-state index in [1.54, 1.807) is 14.2 Å². The van der Waals surface area contributed by atoms with Crippen molar-refractivity contribution in [2.45, 2.75) is 64.5 Å². The number of hydrogen-bond acceptors (Lipinski definition) is 9. The van der Waals surface area contributed by atoms with E-state index in [0.717, 1.165) is 50.8 Å². The first kappa shape index (κ1) is 29.9. The maximum atomic E-state index is 12.2. The third-order valence-corrected chi connectivity index (χ3v) is 7.53. The van der Waals surface area contributed by atoms with E-state index in [1.165, 1.54) is 0 Å². The zero-order valence-electron chi connectivity index (χ0n) is 23.3. The molecule has 4 N–H and O–H groups in total. The van der Waals surface area contributed by atoms with Crippen LogP contribution in [0.4, 0.5) is 11.4 Å². The number of ether oxygens (including phenoxy) is 3. The predicted octanol–water partition coefficient (Wildman–Crippen LogP) is 2.70. The van der Waals surface area contributed by atoms with Crippen LogP contribution in [0.25, 0.3) is 0 Å². The molecule has 3 rings (SSSR count). The van der Waals surface area contributed by atoms with Gasteiger partial charge in [0.15, 0.2) is 11.5 Å². The van der Waals surface area contributed by atoms with E-state index in [9.17, 15) is 14.7 Å². The van der Waals surface area contributed by atoms with Crippen LogP contribution in [0.15, 0.2) is 27.8 Å². The Morgan fingerprint density at radius 1 is 1.05 bits per heavy atom. The van der Waals surface area contributed by atoms with Crippen molar-refractivity contribution in [1.82, 2.24) is 0 Å². The molecule has 0 unspecified atom stereocenters. The Balaban J connectivity index is 1.58. The van der Waals surface area contributed by atoms with E-state index in [4.69, 9.17) is 19.9 Å². The van der Waals surface area contributed by atoms with E-state index in [1.807, 2.05) is 23.1 Å². The van der Waals surface area contributed by atoms with Crippen molar-refractivity contribution in [3.8, 4) is 11.5 Å². The van der Waals surface area contributed by atoms with Gasteiger partial charge < -0.3 is 35.3 Å². The van der Waals surface area contributed by atoms with Crippen LogP contribution >= 0.6 is 0 Å². The number of benzene rings is 1. The summed E-state index contributed by atoms with van der Waals surface area (Å²) in [6, 6.07) is 5.48. The topological polar surface area (TPSA) is 123 Å². The Hall–Kier alpha value is -2.62. The third-order valence-electron chi connectivity index (χ3n) is 7.53. The van der Waals surface area contributed by atoms with Crippen molar-refractivity contribution in [1.29, 1.82) is 0 Å². The fraction of sp³-hybridized carbons (Fsp3) is 0.655. The van der Waals surface area contributed by atoms with Crippen LogP contribution < -0.4 is 36.3 Å². The first-order valence-electron chi connectivity index (χ1n) is 13.8. The highest BCUT2D eigenvalue weighted by Crippen LogP contribution is 2.31. The highest BCUT2D eigenvalue weighted by Gasteiger charge is 2.28. The second-order valence-electron chi connectivity index (χ2n) is 10.7. The van der Waals surface area contributed by atoms with Crippen molar-refractivity contribution >= 4 is 11.4 Å². The number of aliphatic hydroxyl groups excluding tert-OH is 1. The monoisotopic (exact) mass is 531 g/mol. The van der Waals surface area contributed by atoms with Crippen LogP contribution in [0.3, 0.4) is 0 Å². The summed E-state index contributed by atoms with van der Waals surface area (Å²) >= 11 is 0. The van der Waals surface area contributed by atoms with Crippen molar-refractivity contribution in [3.63, 3.8) is 0 Å². The SMILES string of the molecule is COCCCOc1cc(C[C@@H](C[C@H](N)[C@@H](O)CNc2c(N3CCCCC3)c(=O)c2=O)C(C)C)ccc1OC. The maximum absolute atomic E-state index is 12.2. The molecule has 9 nitrogen and oxygen atoms in total. The summed E-state index contributed by atoms with van der Waals surface area (Å²) in [5.74, 6) is 1.96. The number of hydrogen-bond donors (Lipinski definition) is 3. The van der Waals surface area contributed by atoms with E-state index < -0.39 is 23.0 Å². The molecule has 212 valence electrons. The molecular weight excluding hydrogens is 486 g/mol. The summed E-state index contributed by atoms with van der Waals surface area (Å²) in [5, 5.41) is 13.8. The zero-order valence-corrected chi connectivity index (χ0v) is 23.3. The molecule has 1 aliphatic rings. The van der Waals surface area contributed by atoms with Crippen LogP contribution in [0.2, 0.25) is 0 Å². The fourth-order valence-corrected chi connectivity index (χ4v) is 5.07. The lowest BCUT2D eigenvalue weighted by Crippen LogP contribution is -2.47. The van der Waals surface area contributed by atoms with Gasteiger partial charge in [-0.15, -0.1) is 0 Å². The number of aliphatic hydroxyl groups is 1. The van der Waals surface area contributed by atoms with E-state index in [2.05, 4.69) is 19.2 Å². The van der Waals surface area contributed by atoms with Gasteiger partial charge in [0.05, 0.1) is 19.8 Å². The van der Waals surface area contributed by atoms with Gasteiger partial charge in [-0.2, -0.15) is 0 Å². The first-order chi connectivity index (χ1) is 18.3. The minimum absolute atomic E-state index is 0.125. The number of nitrogens with one attached hydrogen (secondary N) is 1. The number of nitrogens with zero attached hydrogens (tertiary/aromatic N) is 1. The quantitative estimate of drug-likeness (QED) is 0.222. The average Bonchev–Trinajstić information content (AvgIpc) is 2.92. The second-order valence-corrected chi connectivity index (χ2v) is 10.7. The Bertz CT molecular complexity index is 1070. The first-order valence-corrected chi connectivity index (χ1v) is 13.8. The fourth-order valence-electron chi connectivity index (χ4n) is 5.07. The van der Waals surface area contributed by atoms with Crippen molar-refractivity contribution in [2.24, 2.45) is 17.6 Å². The molecule has 2 aromatic carbocycles. The van der Waals surface area contributed by atoms with Crippen LogP contribution in [0, 0.1) is 11.8 Å². The molecular formula is C29H45N3O6. The number of anilines is 2. The number of rotatable bonds is 16. The second kappa shape index (κ2) is 14.5. The summed E-state index contributed by atoms with van der Waals surface area (Å²) < 4.78 is 16.5. The zero-order chi connectivity index (χ0) is 27.7. The molecule has 0 amide bonds. The molecule has 0 saturated carbocycles. The van der Waals surface area contributed by atoms with Gasteiger partial charge in [0, 0.05) is 45.8 Å². The molecule has 1 aliphatic heterocycles. The van der Waals surface area contributed by atoms with Gasteiger partial charge in [-0.3, -0.25) is 9.59 Å². The van der Waals surface area contributed by atoms with Gasteiger partial charge in [0.2, 0.25) is 0 Å². The maximum Gasteiger partial charge on any atom is 0.253 e. The summed E-state index contributed by atoms with van der Waals surface area (Å²) in [6.45, 7) is 7.17. The van der Waals surface area contributed by atoms with Gasteiger partial charge >= 0.3 is 0 Å². The van der Waals surface area contributed by atoms with E-state index >= 15 is 0 Å². The lowest BCUT2D eigenvalue weighted by atomic mass is 9.83. The summed E-state index contributed by atoms with van der Waals surface area (Å²) in [6.07, 6.45) is 4.48. The lowest BCUT2D eigenvalue weighted by Gasteiger charge is -2.31. The number of methoxy groups -OCH3 is 2. The molecule has 1 saturated heterocycles. The van der Waals surface area contributed by atoms with Crippen LogP contribution in [-0.4, -0.2) is 64.3 Å². The normalized spacial score (nSPS) is 16.4. The molecule has 1 fully saturated rings. The van der Waals surface area contributed by atoms with E-state index in [0.29, 0.717) is 48.4 Å². The Labute approximate surface area is 226 Å². The molecule has 2 aromatic rings. The summed E-state index contributed by atoms with van der Waals surface area (Å²) in [4.78, 5) is 26.4. The van der Waals surface area contributed by atoms with Gasteiger partial charge in [-0.25, -0.2) is 0 Å². The molecule has 0 aliphatic carbocycles. The van der Waals surface area contributed by atoms with Crippen molar-refractivity contribution in [3.05, 3.63) is 44.2 Å². The number of piperidine rings is 1. The van der Waals surface area contributed by atoms with Gasteiger partial charge in [-0.1, -0.05) is 19.9 Å². The lowest BCUT2D eigenvalue weighted by molar-refractivity contribution is 0.137. The van der Waals surface area contributed by atoms with Crippen LogP contribution in [0.1, 0.15) is 51.5 Å². The van der Waals surface area contributed by atoms with Crippen molar-refractivity contribution < 1.29 is 19.3 Å². The minimum Gasteiger partial charge on any atom is -0.493 e. The highest BCUT2D eigenvalue weighted by molar-refractivity contribution is 5.75. The molecule has 1 heterocycles. The Morgan fingerprint density at radius 2 is 1.79 bits per heavy atom. The summed E-state index contributed by atoms with van der Waals surface area (Å²) in [7, 11) is 3.30. The minimum atomic E-state index is -0.856. The predicted molar refractivity (Wildman–Crippen MR) is 152 cm³/mol. The highest BCUT2D eigenvalue weighted by atomic mass is 16.5. The smallest absolute Gasteiger partial charge is 0.253 e. The molecule has 3 atom stereocenters. The van der Waals surface area contributed by atoms with Crippen molar-refractivity contribution in [2.75, 3.05) is 57.3 Å². The molecule has 0 bridgehead atoms. The molecule has 0 radical (unpaired) electrons. The Morgan fingerprint density at radius 3 is 2.45 bits per heavy atom. The molecule has 0 aromatic heterocycles. The average molecular weight is 532 g/mol. The van der Waals surface area contributed by atoms with Gasteiger partial charge in [-0.05, 0) is 61.6 Å². The summed E-state index contributed by atoms with van der Waals surface area (Å²) in [5.41, 5.74) is 7.39. The molecule has 38 heavy (non-hydrogen) atoms. The molecule has 0 spiro atoms. The Kier molecular flexibility index (Phi) is 11.4. The van der Waals surface area contributed by atoms with Crippen LogP contribution in [0.5, 0.6) is 11.5 Å². The van der Waals surface area contributed by atoms with E-state index in [-0.39, 0.29) is 12.5 Å². The third kappa shape index (κ3) is 7.71.